The second-order valence-corrected chi connectivity index (χ2v) is 6.01. The molecule has 0 unspecified atom stereocenters. The van der Waals surface area contributed by atoms with Crippen molar-refractivity contribution < 1.29 is 14.0 Å². The molecule has 0 radical (unpaired) electrons. The van der Waals surface area contributed by atoms with Gasteiger partial charge >= 0.3 is 0 Å². The van der Waals surface area contributed by atoms with Crippen molar-refractivity contribution in [1.29, 1.82) is 0 Å². The van der Waals surface area contributed by atoms with Crippen molar-refractivity contribution in [3.8, 4) is 0 Å². The summed E-state index contributed by atoms with van der Waals surface area (Å²) in [5, 5.41) is 2.75. The minimum atomic E-state index is -0.539. The Hall–Kier alpha value is -2.40. The predicted molar refractivity (Wildman–Crippen MR) is 97.2 cm³/mol. The Balaban J connectivity index is 1.83. The number of amides is 2. The summed E-state index contributed by atoms with van der Waals surface area (Å²) < 4.78 is 13.3. The molecule has 4 nitrogen and oxygen atoms in total. The van der Waals surface area contributed by atoms with Crippen LogP contribution < -0.4 is 10.2 Å². The maximum Gasteiger partial charge on any atom is 0.223 e. The number of hydrogen-bond donors (Lipinski definition) is 1. The highest BCUT2D eigenvalue weighted by atomic mass is 35.5. The highest BCUT2D eigenvalue weighted by molar-refractivity contribution is 6.31. The van der Waals surface area contributed by atoms with E-state index in [0.29, 0.717) is 25.1 Å². The number of nitrogens with zero attached hydrogens (tertiary/aromatic N) is 1. The lowest BCUT2D eigenvalue weighted by Crippen LogP contribution is -2.37. The van der Waals surface area contributed by atoms with Crippen molar-refractivity contribution >= 4 is 29.1 Å². The van der Waals surface area contributed by atoms with E-state index in [2.05, 4.69) is 5.32 Å². The molecule has 0 atom stereocenters. The molecule has 0 saturated heterocycles. The summed E-state index contributed by atoms with van der Waals surface area (Å²) in [5.41, 5.74) is 1.60. The molecule has 2 aromatic carbocycles. The van der Waals surface area contributed by atoms with Crippen molar-refractivity contribution in [1.82, 2.24) is 5.32 Å². The number of carbonyl (C=O) groups is 2. The summed E-state index contributed by atoms with van der Waals surface area (Å²) >= 11 is 5.76. The van der Waals surface area contributed by atoms with Crippen LogP contribution in [-0.2, 0) is 16.0 Å². The van der Waals surface area contributed by atoms with Gasteiger partial charge in [-0.3, -0.25) is 9.59 Å². The van der Waals surface area contributed by atoms with Crippen LogP contribution >= 0.6 is 11.6 Å². The second kappa shape index (κ2) is 9.18. The molecular formula is C19H20ClFN2O2. The first-order valence-electron chi connectivity index (χ1n) is 8.01. The molecule has 132 valence electrons. The van der Waals surface area contributed by atoms with Crippen LogP contribution in [-0.4, -0.2) is 24.9 Å². The lowest BCUT2D eigenvalue weighted by atomic mass is 10.1. The third-order valence-corrected chi connectivity index (χ3v) is 4.03. The lowest BCUT2D eigenvalue weighted by molar-refractivity contribution is -0.121. The zero-order valence-corrected chi connectivity index (χ0v) is 14.7. The minimum Gasteiger partial charge on any atom is -0.354 e. The van der Waals surface area contributed by atoms with Gasteiger partial charge in [0.15, 0.2) is 0 Å². The zero-order valence-electron chi connectivity index (χ0n) is 14.0. The quantitative estimate of drug-likeness (QED) is 0.818. The highest BCUT2D eigenvalue weighted by Gasteiger charge is 2.13. The third-order valence-electron chi connectivity index (χ3n) is 3.74. The Labute approximate surface area is 151 Å². The molecule has 0 bridgehead atoms. The molecule has 1 N–H and O–H groups in total. The van der Waals surface area contributed by atoms with Gasteiger partial charge in [-0.2, -0.15) is 0 Å². The fourth-order valence-corrected chi connectivity index (χ4v) is 2.59. The average molecular weight is 363 g/mol. The molecular weight excluding hydrogens is 343 g/mol. The van der Waals surface area contributed by atoms with Crippen molar-refractivity contribution in [2.75, 3.05) is 18.0 Å². The molecule has 0 aliphatic heterocycles. The van der Waals surface area contributed by atoms with Gasteiger partial charge in [0.1, 0.15) is 5.82 Å². The number of halogens is 2. The molecule has 2 rings (SSSR count). The van der Waals surface area contributed by atoms with Crippen LogP contribution in [0, 0.1) is 5.82 Å². The Bertz CT molecular complexity index is 737. The Morgan fingerprint density at radius 3 is 2.52 bits per heavy atom. The molecule has 2 aromatic rings. The first-order chi connectivity index (χ1) is 12.0. The number of rotatable bonds is 7. The van der Waals surface area contributed by atoms with Gasteiger partial charge in [-0.25, -0.2) is 4.39 Å². The van der Waals surface area contributed by atoms with Crippen LogP contribution in [0.25, 0.3) is 0 Å². The maximum absolute atomic E-state index is 13.3. The van der Waals surface area contributed by atoms with Gasteiger partial charge in [-0.15, -0.1) is 0 Å². The summed E-state index contributed by atoms with van der Waals surface area (Å²) in [4.78, 5) is 25.2. The van der Waals surface area contributed by atoms with Crippen LogP contribution in [0.15, 0.2) is 48.5 Å². The molecule has 0 fully saturated rings. The van der Waals surface area contributed by atoms with E-state index in [1.807, 2.05) is 30.3 Å². The van der Waals surface area contributed by atoms with E-state index >= 15 is 0 Å². The van der Waals surface area contributed by atoms with Gasteiger partial charge in [-0.1, -0.05) is 41.9 Å². The van der Waals surface area contributed by atoms with E-state index in [9.17, 15) is 14.0 Å². The Morgan fingerprint density at radius 1 is 1.16 bits per heavy atom. The topological polar surface area (TPSA) is 49.4 Å². The second-order valence-electron chi connectivity index (χ2n) is 5.60. The number of anilines is 1. The normalized spacial score (nSPS) is 10.4. The van der Waals surface area contributed by atoms with Crippen LogP contribution in [0.4, 0.5) is 10.1 Å². The minimum absolute atomic E-state index is 0.0457. The summed E-state index contributed by atoms with van der Waals surface area (Å²) in [5.74, 6) is -0.825. The molecule has 0 spiro atoms. The van der Waals surface area contributed by atoms with E-state index in [0.717, 1.165) is 5.56 Å². The molecule has 2 amide bonds. The third kappa shape index (κ3) is 5.87. The van der Waals surface area contributed by atoms with Crippen molar-refractivity contribution in [3.63, 3.8) is 0 Å². The van der Waals surface area contributed by atoms with Gasteiger partial charge in [0.2, 0.25) is 11.8 Å². The standard InChI is InChI=1S/C19H20ClFN2O2/c1-14(24)23(16-8-9-18(21)17(20)13-16)12-11-22-19(25)10-7-15-5-3-2-4-6-15/h2-6,8-9,13H,7,10-12H2,1H3,(H,22,25). The van der Waals surface area contributed by atoms with Crippen molar-refractivity contribution in [3.05, 3.63) is 64.9 Å². The van der Waals surface area contributed by atoms with Gasteiger partial charge in [0.05, 0.1) is 5.02 Å². The summed E-state index contributed by atoms with van der Waals surface area (Å²) in [7, 11) is 0. The molecule has 25 heavy (non-hydrogen) atoms. The zero-order chi connectivity index (χ0) is 18.2. The largest absolute Gasteiger partial charge is 0.354 e. The molecule has 0 heterocycles. The number of carbonyl (C=O) groups excluding carboxylic acids is 2. The van der Waals surface area contributed by atoms with Crippen LogP contribution in [0.3, 0.4) is 0 Å². The number of aryl methyl sites for hydroxylation is 1. The smallest absolute Gasteiger partial charge is 0.223 e. The number of benzene rings is 2. The van der Waals surface area contributed by atoms with E-state index in [-0.39, 0.29) is 23.4 Å². The van der Waals surface area contributed by atoms with Gasteiger partial charge in [0.25, 0.3) is 0 Å². The Kier molecular flexibility index (Phi) is 6.95. The fraction of sp³-hybridized carbons (Fsp3) is 0.263. The Morgan fingerprint density at radius 2 is 1.88 bits per heavy atom. The van der Waals surface area contributed by atoms with Crippen molar-refractivity contribution in [2.24, 2.45) is 0 Å². The monoisotopic (exact) mass is 362 g/mol. The van der Waals surface area contributed by atoms with E-state index in [1.165, 1.54) is 30.0 Å². The van der Waals surface area contributed by atoms with E-state index in [1.54, 1.807) is 0 Å². The summed E-state index contributed by atoms with van der Waals surface area (Å²) in [6, 6.07) is 13.9. The fourth-order valence-electron chi connectivity index (χ4n) is 2.42. The molecule has 0 saturated carbocycles. The predicted octanol–water partition coefficient (Wildman–Crippen LogP) is 3.58. The van der Waals surface area contributed by atoms with Crippen LogP contribution in [0.1, 0.15) is 18.9 Å². The molecule has 0 aliphatic carbocycles. The summed E-state index contributed by atoms with van der Waals surface area (Å²) in [6.45, 7) is 2.01. The molecule has 0 aliphatic rings. The first kappa shape index (κ1) is 18.9. The molecule has 0 aromatic heterocycles. The highest BCUT2D eigenvalue weighted by Crippen LogP contribution is 2.22. The van der Waals surface area contributed by atoms with Crippen molar-refractivity contribution in [2.45, 2.75) is 19.8 Å². The number of nitrogens with one attached hydrogen (secondary N) is 1. The average Bonchev–Trinajstić information content (AvgIpc) is 2.60. The SMILES string of the molecule is CC(=O)N(CCNC(=O)CCc1ccccc1)c1ccc(F)c(Cl)c1. The maximum atomic E-state index is 13.3. The van der Waals surface area contributed by atoms with Crippen LogP contribution in [0.2, 0.25) is 5.02 Å². The van der Waals surface area contributed by atoms with Gasteiger partial charge in [-0.05, 0) is 30.2 Å². The van der Waals surface area contributed by atoms with Gasteiger partial charge in [0, 0.05) is 32.1 Å². The molecule has 6 heteroatoms. The van der Waals surface area contributed by atoms with Gasteiger partial charge < -0.3 is 10.2 Å². The van der Waals surface area contributed by atoms with E-state index < -0.39 is 5.82 Å². The number of hydrogen-bond acceptors (Lipinski definition) is 2. The van der Waals surface area contributed by atoms with E-state index in [4.69, 9.17) is 11.6 Å². The van der Waals surface area contributed by atoms with Crippen LogP contribution in [0.5, 0.6) is 0 Å². The lowest BCUT2D eigenvalue weighted by Gasteiger charge is -2.21. The summed E-state index contributed by atoms with van der Waals surface area (Å²) in [6.07, 6.45) is 1.04. The first-order valence-corrected chi connectivity index (χ1v) is 8.39.